The fourth-order valence-corrected chi connectivity index (χ4v) is 5.68. The number of likely N-dealkylation sites (tertiary alicyclic amines) is 1. The van der Waals surface area contributed by atoms with Crippen molar-refractivity contribution >= 4 is 21.6 Å². The third-order valence-corrected chi connectivity index (χ3v) is 7.47. The molecule has 30 heavy (non-hydrogen) atoms. The zero-order chi connectivity index (χ0) is 21.1. The molecule has 6 nitrogen and oxygen atoms in total. The first-order chi connectivity index (χ1) is 14.5. The van der Waals surface area contributed by atoms with E-state index in [1.165, 1.54) is 31.4 Å². The largest absolute Gasteiger partial charge is 0.494 e. The highest BCUT2D eigenvalue weighted by Crippen LogP contribution is 2.37. The lowest BCUT2D eigenvalue weighted by atomic mass is 9.85. The number of carbonyl (C=O) groups excluding carboxylic acids is 1. The van der Waals surface area contributed by atoms with Gasteiger partial charge in [0.15, 0.2) is 0 Å². The van der Waals surface area contributed by atoms with E-state index in [-0.39, 0.29) is 10.8 Å². The predicted molar refractivity (Wildman–Crippen MR) is 116 cm³/mol. The number of rotatable bonds is 6. The van der Waals surface area contributed by atoms with Crippen LogP contribution in [-0.4, -0.2) is 38.4 Å². The highest BCUT2D eigenvalue weighted by atomic mass is 32.2. The van der Waals surface area contributed by atoms with Gasteiger partial charge in [-0.05, 0) is 74.6 Å². The zero-order valence-corrected chi connectivity index (χ0v) is 18.0. The summed E-state index contributed by atoms with van der Waals surface area (Å²) in [6, 6.07) is 13.4. The van der Waals surface area contributed by atoms with Crippen LogP contribution >= 0.6 is 0 Å². The summed E-state index contributed by atoms with van der Waals surface area (Å²) in [4.78, 5) is 15.3. The molecule has 1 heterocycles. The Labute approximate surface area is 178 Å². The first-order valence-electron chi connectivity index (χ1n) is 10.6. The highest BCUT2D eigenvalue weighted by Gasteiger charge is 2.38. The molecular weight excluding hydrogens is 400 g/mol. The summed E-state index contributed by atoms with van der Waals surface area (Å²) in [5, 5.41) is 0. The van der Waals surface area contributed by atoms with E-state index in [4.69, 9.17) is 4.74 Å². The van der Waals surface area contributed by atoms with Crippen molar-refractivity contribution in [1.29, 1.82) is 0 Å². The lowest BCUT2D eigenvalue weighted by Gasteiger charge is -2.31. The number of benzene rings is 2. The van der Waals surface area contributed by atoms with E-state index < -0.39 is 10.0 Å². The van der Waals surface area contributed by atoms with Crippen LogP contribution in [0, 0.1) is 5.92 Å². The molecule has 160 valence electrons. The summed E-state index contributed by atoms with van der Waals surface area (Å²) in [5.74, 6) is 1.23. The van der Waals surface area contributed by atoms with Crippen molar-refractivity contribution in [3.8, 4) is 5.75 Å². The van der Waals surface area contributed by atoms with Gasteiger partial charge in [-0.2, -0.15) is 0 Å². The lowest BCUT2D eigenvalue weighted by molar-refractivity contribution is 0.0690. The topological polar surface area (TPSA) is 75.7 Å². The van der Waals surface area contributed by atoms with E-state index in [0.29, 0.717) is 35.6 Å². The summed E-state index contributed by atoms with van der Waals surface area (Å²) in [6.45, 7) is 3.18. The summed E-state index contributed by atoms with van der Waals surface area (Å²) < 4.78 is 33.4. The van der Waals surface area contributed by atoms with E-state index in [2.05, 4.69) is 4.72 Å². The smallest absolute Gasteiger partial charge is 0.261 e. The molecule has 1 saturated carbocycles. The number of nitrogens with zero attached hydrogens (tertiary/aromatic N) is 1. The number of amides is 1. The van der Waals surface area contributed by atoms with Crippen LogP contribution in [0.4, 0.5) is 5.69 Å². The van der Waals surface area contributed by atoms with Gasteiger partial charge in [-0.25, -0.2) is 8.42 Å². The van der Waals surface area contributed by atoms with Gasteiger partial charge in [-0.15, -0.1) is 0 Å². The predicted octanol–water partition coefficient (Wildman–Crippen LogP) is 4.29. The first kappa shape index (κ1) is 20.7. The number of carbonyl (C=O) groups is 1. The highest BCUT2D eigenvalue weighted by molar-refractivity contribution is 7.92. The van der Waals surface area contributed by atoms with Crippen molar-refractivity contribution in [3.63, 3.8) is 0 Å². The third-order valence-electron chi connectivity index (χ3n) is 6.08. The van der Waals surface area contributed by atoms with Crippen molar-refractivity contribution in [1.82, 2.24) is 4.90 Å². The molecule has 2 aliphatic rings. The van der Waals surface area contributed by atoms with Crippen LogP contribution in [0.3, 0.4) is 0 Å². The van der Waals surface area contributed by atoms with E-state index in [1.54, 1.807) is 36.4 Å². The van der Waals surface area contributed by atoms with E-state index in [1.807, 2.05) is 11.8 Å². The standard InChI is InChI=1S/C23H28N2O4S/c1-2-29-20-10-12-21(13-11-20)30(27,28)24-19-8-5-7-18(16-19)23(26)25-15-14-17-6-3-4-9-22(17)25/h5,7-8,10-13,16-17,22,24H,2-4,6,9,14-15H2,1H3. The number of fused-ring (bicyclic) bond motifs is 1. The second-order valence-corrected chi connectivity index (χ2v) is 9.67. The maximum atomic E-state index is 13.1. The number of anilines is 1. The Hall–Kier alpha value is -2.54. The molecule has 0 aromatic heterocycles. The summed E-state index contributed by atoms with van der Waals surface area (Å²) >= 11 is 0. The molecule has 0 bridgehead atoms. The summed E-state index contributed by atoms with van der Waals surface area (Å²) in [6.07, 6.45) is 5.77. The molecule has 7 heteroatoms. The number of nitrogens with one attached hydrogen (secondary N) is 1. The van der Waals surface area contributed by atoms with Crippen LogP contribution in [-0.2, 0) is 10.0 Å². The van der Waals surface area contributed by atoms with E-state index in [9.17, 15) is 13.2 Å². The maximum absolute atomic E-state index is 13.1. The van der Waals surface area contributed by atoms with Crippen molar-refractivity contribution in [2.45, 2.75) is 50.0 Å². The fourth-order valence-electron chi connectivity index (χ4n) is 4.64. The monoisotopic (exact) mass is 428 g/mol. The summed E-state index contributed by atoms with van der Waals surface area (Å²) in [7, 11) is -3.76. The second kappa shape index (κ2) is 8.68. The Bertz CT molecular complexity index is 1000. The van der Waals surface area contributed by atoms with Gasteiger partial charge in [-0.3, -0.25) is 9.52 Å². The van der Waals surface area contributed by atoms with Crippen LogP contribution in [0.5, 0.6) is 5.75 Å². The Morgan fingerprint density at radius 3 is 2.63 bits per heavy atom. The van der Waals surface area contributed by atoms with Crippen molar-refractivity contribution in [2.75, 3.05) is 17.9 Å². The van der Waals surface area contributed by atoms with Crippen LogP contribution in [0.2, 0.25) is 0 Å². The minimum absolute atomic E-state index is 0.00786. The zero-order valence-electron chi connectivity index (χ0n) is 17.2. The molecule has 2 aromatic carbocycles. The Kier molecular flexibility index (Phi) is 5.99. The molecule has 2 fully saturated rings. The van der Waals surface area contributed by atoms with Crippen LogP contribution < -0.4 is 9.46 Å². The molecule has 1 saturated heterocycles. The van der Waals surface area contributed by atoms with E-state index >= 15 is 0 Å². The minimum Gasteiger partial charge on any atom is -0.494 e. The average molecular weight is 429 g/mol. The van der Waals surface area contributed by atoms with Gasteiger partial charge in [0, 0.05) is 23.8 Å². The normalized spacial score (nSPS) is 21.2. The summed E-state index contributed by atoms with van der Waals surface area (Å²) in [5.41, 5.74) is 0.905. The molecular formula is C23H28N2O4S. The maximum Gasteiger partial charge on any atom is 0.261 e. The van der Waals surface area contributed by atoms with Gasteiger partial charge in [0.1, 0.15) is 5.75 Å². The Morgan fingerprint density at radius 1 is 1.10 bits per heavy atom. The number of hydrogen-bond acceptors (Lipinski definition) is 4. The first-order valence-corrected chi connectivity index (χ1v) is 12.1. The molecule has 1 aliphatic heterocycles. The van der Waals surface area contributed by atoms with Gasteiger partial charge in [0.2, 0.25) is 0 Å². The molecule has 1 aliphatic carbocycles. The third kappa shape index (κ3) is 4.31. The molecule has 2 atom stereocenters. The van der Waals surface area contributed by atoms with Gasteiger partial charge in [0.05, 0.1) is 11.5 Å². The molecule has 2 aromatic rings. The fraction of sp³-hybridized carbons (Fsp3) is 0.435. The van der Waals surface area contributed by atoms with Crippen LogP contribution in [0.1, 0.15) is 49.4 Å². The Balaban J connectivity index is 1.49. The molecule has 4 rings (SSSR count). The van der Waals surface area contributed by atoms with E-state index in [0.717, 1.165) is 19.4 Å². The van der Waals surface area contributed by atoms with Gasteiger partial charge in [0.25, 0.3) is 15.9 Å². The molecule has 2 unspecified atom stereocenters. The van der Waals surface area contributed by atoms with Crippen LogP contribution in [0.25, 0.3) is 0 Å². The lowest BCUT2D eigenvalue weighted by Crippen LogP contribution is -2.39. The minimum atomic E-state index is -3.76. The quantitative estimate of drug-likeness (QED) is 0.745. The van der Waals surface area contributed by atoms with Gasteiger partial charge in [-0.1, -0.05) is 18.9 Å². The van der Waals surface area contributed by atoms with Crippen molar-refractivity contribution < 1.29 is 17.9 Å². The average Bonchev–Trinajstić information content (AvgIpc) is 3.18. The molecule has 1 amide bonds. The number of sulfonamides is 1. The molecule has 1 N–H and O–H groups in total. The van der Waals surface area contributed by atoms with Crippen molar-refractivity contribution in [2.24, 2.45) is 5.92 Å². The SMILES string of the molecule is CCOc1ccc(S(=O)(=O)Nc2cccc(C(=O)N3CCC4CCCCC43)c2)cc1. The van der Waals surface area contributed by atoms with Gasteiger partial charge >= 0.3 is 0 Å². The molecule has 0 radical (unpaired) electrons. The van der Waals surface area contributed by atoms with Crippen molar-refractivity contribution in [3.05, 3.63) is 54.1 Å². The van der Waals surface area contributed by atoms with Crippen LogP contribution in [0.15, 0.2) is 53.4 Å². The molecule has 0 spiro atoms. The number of ether oxygens (including phenoxy) is 1. The Morgan fingerprint density at radius 2 is 1.87 bits per heavy atom. The number of hydrogen-bond donors (Lipinski definition) is 1. The second-order valence-electron chi connectivity index (χ2n) is 7.99. The van der Waals surface area contributed by atoms with Gasteiger partial charge < -0.3 is 9.64 Å².